The number of rotatable bonds is 6. The van der Waals surface area contributed by atoms with Crippen LogP contribution in [0.2, 0.25) is 0 Å². The van der Waals surface area contributed by atoms with Crippen LogP contribution in [-0.4, -0.2) is 41.5 Å². The van der Waals surface area contributed by atoms with E-state index in [0.29, 0.717) is 0 Å². The minimum Gasteiger partial charge on any atom is -0.494 e. The van der Waals surface area contributed by atoms with Crippen LogP contribution in [0, 0.1) is 0 Å². The molecule has 114 valence electrons. The minimum absolute atomic E-state index is 0.742. The monoisotopic (exact) mass is 295 g/mol. The van der Waals surface area contributed by atoms with Gasteiger partial charge in [0.15, 0.2) is 0 Å². The number of nitrogens with zero attached hydrogens (tertiary/aromatic N) is 3. The quantitative estimate of drug-likeness (QED) is 0.653. The van der Waals surface area contributed by atoms with Crippen molar-refractivity contribution in [3.05, 3.63) is 54.9 Å². The predicted molar refractivity (Wildman–Crippen MR) is 89.3 cm³/mol. The number of imidazole rings is 1. The molecule has 0 fully saturated rings. The molecule has 0 unspecified atom stereocenters. The van der Waals surface area contributed by atoms with Gasteiger partial charge in [-0.05, 0) is 56.9 Å². The van der Waals surface area contributed by atoms with Crippen molar-refractivity contribution in [3.63, 3.8) is 0 Å². The molecule has 3 rings (SSSR count). The number of hydrogen-bond donors (Lipinski definition) is 0. The van der Waals surface area contributed by atoms with E-state index in [1.54, 1.807) is 0 Å². The molecule has 0 aliphatic carbocycles. The Bertz CT molecular complexity index is 698. The summed E-state index contributed by atoms with van der Waals surface area (Å²) in [6, 6.07) is 14.1. The second-order valence-electron chi connectivity index (χ2n) is 5.62. The van der Waals surface area contributed by atoms with E-state index in [0.717, 1.165) is 42.2 Å². The number of fused-ring (bicyclic) bond motifs is 1. The van der Waals surface area contributed by atoms with Gasteiger partial charge in [-0.3, -0.25) is 0 Å². The number of ether oxygens (including phenoxy) is 1. The lowest BCUT2D eigenvalue weighted by atomic mass is 10.2. The summed E-state index contributed by atoms with van der Waals surface area (Å²) in [5, 5.41) is 0. The van der Waals surface area contributed by atoms with Crippen LogP contribution in [0.4, 0.5) is 0 Å². The largest absolute Gasteiger partial charge is 0.494 e. The summed E-state index contributed by atoms with van der Waals surface area (Å²) in [5.41, 5.74) is 3.04. The van der Waals surface area contributed by atoms with Gasteiger partial charge in [-0.2, -0.15) is 0 Å². The molecule has 4 heteroatoms. The molecule has 1 aromatic carbocycles. The molecule has 0 N–H and O–H groups in total. The third kappa shape index (κ3) is 3.46. The van der Waals surface area contributed by atoms with Crippen LogP contribution in [0.5, 0.6) is 5.75 Å². The van der Waals surface area contributed by atoms with E-state index in [9.17, 15) is 0 Å². The number of aromatic nitrogens is 2. The van der Waals surface area contributed by atoms with Crippen LogP contribution in [0.3, 0.4) is 0 Å². The Labute approximate surface area is 131 Å². The number of benzene rings is 1. The molecule has 3 aromatic rings. The Balaban J connectivity index is 1.66. The second-order valence-corrected chi connectivity index (χ2v) is 5.62. The van der Waals surface area contributed by atoms with E-state index < -0.39 is 0 Å². The topological polar surface area (TPSA) is 29.8 Å². The summed E-state index contributed by atoms with van der Waals surface area (Å²) in [4.78, 5) is 6.79. The van der Waals surface area contributed by atoms with Gasteiger partial charge in [-0.15, -0.1) is 0 Å². The minimum atomic E-state index is 0.742. The lowest BCUT2D eigenvalue weighted by molar-refractivity contribution is 0.281. The fourth-order valence-corrected chi connectivity index (χ4v) is 2.37. The van der Waals surface area contributed by atoms with E-state index in [-0.39, 0.29) is 0 Å². The Hall–Kier alpha value is -2.33. The van der Waals surface area contributed by atoms with Crippen molar-refractivity contribution in [2.45, 2.75) is 6.42 Å². The Morgan fingerprint density at radius 3 is 2.64 bits per heavy atom. The summed E-state index contributed by atoms with van der Waals surface area (Å²) in [7, 11) is 4.15. The van der Waals surface area contributed by atoms with E-state index in [2.05, 4.69) is 36.1 Å². The van der Waals surface area contributed by atoms with Crippen LogP contribution in [0.1, 0.15) is 6.42 Å². The Morgan fingerprint density at radius 1 is 1.09 bits per heavy atom. The summed E-state index contributed by atoms with van der Waals surface area (Å²) in [6.45, 7) is 1.78. The summed E-state index contributed by atoms with van der Waals surface area (Å²) < 4.78 is 7.78. The van der Waals surface area contributed by atoms with Crippen LogP contribution < -0.4 is 4.74 Å². The molecule has 22 heavy (non-hydrogen) atoms. The van der Waals surface area contributed by atoms with Gasteiger partial charge in [0, 0.05) is 24.5 Å². The summed E-state index contributed by atoms with van der Waals surface area (Å²) in [5.74, 6) is 0.909. The first kappa shape index (κ1) is 14.6. The fraction of sp³-hybridized carbons (Fsp3) is 0.278. The van der Waals surface area contributed by atoms with Crippen molar-refractivity contribution in [3.8, 4) is 17.0 Å². The van der Waals surface area contributed by atoms with E-state index in [1.165, 1.54) is 0 Å². The van der Waals surface area contributed by atoms with Gasteiger partial charge >= 0.3 is 0 Å². The number of hydrogen-bond acceptors (Lipinski definition) is 3. The number of pyridine rings is 1. The van der Waals surface area contributed by atoms with E-state index >= 15 is 0 Å². The highest BCUT2D eigenvalue weighted by Gasteiger charge is 2.04. The first-order valence-corrected chi connectivity index (χ1v) is 7.54. The molecule has 0 aliphatic rings. The van der Waals surface area contributed by atoms with Crippen molar-refractivity contribution in [2.24, 2.45) is 0 Å². The van der Waals surface area contributed by atoms with Gasteiger partial charge in [-0.25, -0.2) is 4.98 Å². The van der Waals surface area contributed by atoms with E-state index in [4.69, 9.17) is 4.74 Å². The van der Waals surface area contributed by atoms with Gasteiger partial charge in [-0.1, -0.05) is 6.07 Å². The van der Waals surface area contributed by atoms with Gasteiger partial charge in [0.05, 0.1) is 12.3 Å². The zero-order valence-electron chi connectivity index (χ0n) is 13.1. The molecular formula is C18H21N3O. The van der Waals surface area contributed by atoms with Crippen molar-refractivity contribution in [2.75, 3.05) is 27.2 Å². The Kier molecular flexibility index (Phi) is 4.39. The molecule has 0 saturated heterocycles. The third-order valence-corrected chi connectivity index (χ3v) is 3.53. The molecule has 0 aliphatic heterocycles. The normalized spacial score (nSPS) is 11.2. The first-order valence-electron chi connectivity index (χ1n) is 7.54. The van der Waals surface area contributed by atoms with Gasteiger partial charge in [0.25, 0.3) is 0 Å². The van der Waals surface area contributed by atoms with E-state index in [1.807, 2.05) is 47.1 Å². The van der Waals surface area contributed by atoms with Crippen LogP contribution in [-0.2, 0) is 0 Å². The standard InChI is InChI=1S/C18H21N3O/c1-20(2)11-5-13-22-16-9-7-15(8-10-16)17-14-21-12-4-3-6-18(21)19-17/h3-4,6-10,12,14H,5,11,13H2,1-2H3. The van der Waals surface area contributed by atoms with Crippen LogP contribution in [0.25, 0.3) is 16.9 Å². The maximum atomic E-state index is 5.75. The average Bonchev–Trinajstić information content (AvgIpc) is 2.96. The molecule has 2 aromatic heterocycles. The van der Waals surface area contributed by atoms with Crippen molar-refractivity contribution >= 4 is 5.65 Å². The average molecular weight is 295 g/mol. The lowest BCUT2D eigenvalue weighted by Gasteiger charge is -2.10. The lowest BCUT2D eigenvalue weighted by Crippen LogP contribution is -2.15. The zero-order chi connectivity index (χ0) is 15.4. The summed E-state index contributed by atoms with van der Waals surface area (Å²) in [6.07, 6.45) is 5.08. The van der Waals surface area contributed by atoms with Crippen molar-refractivity contribution in [1.82, 2.24) is 14.3 Å². The SMILES string of the molecule is CN(C)CCCOc1ccc(-c2cn3ccccc3n2)cc1. The highest BCUT2D eigenvalue weighted by atomic mass is 16.5. The zero-order valence-corrected chi connectivity index (χ0v) is 13.1. The molecule has 0 spiro atoms. The third-order valence-electron chi connectivity index (χ3n) is 3.53. The maximum Gasteiger partial charge on any atom is 0.137 e. The molecular weight excluding hydrogens is 274 g/mol. The molecule has 4 nitrogen and oxygen atoms in total. The predicted octanol–water partition coefficient (Wildman–Crippen LogP) is 3.33. The smallest absolute Gasteiger partial charge is 0.137 e. The molecule has 0 amide bonds. The summed E-state index contributed by atoms with van der Waals surface area (Å²) >= 11 is 0. The molecule has 0 saturated carbocycles. The highest BCUT2D eigenvalue weighted by Crippen LogP contribution is 2.22. The first-order chi connectivity index (χ1) is 10.7. The van der Waals surface area contributed by atoms with Gasteiger partial charge < -0.3 is 14.0 Å². The molecule has 2 heterocycles. The molecule has 0 radical (unpaired) electrons. The van der Waals surface area contributed by atoms with Gasteiger partial charge in [0.2, 0.25) is 0 Å². The van der Waals surface area contributed by atoms with Crippen LogP contribution >= 0.6 is 0 Å². The van der Waals surface area contributed by atoms with Crippen molar-refractivity contribution < 1.29 is 4.74 Å². The van der Waals surface area contributed by atoms with Crippen molar-refractivity contribution in [1.29, 1.82) is 0 Å². The highest BCUT2D eigenvalue weighted by molar-refractivity contribution is 5.63. The second kappa shape index (κ2) is 6.62. The Morgan fingerprint density at radius 2 is 1.91 bits per heavy atom. The maximum absolute atomic E-state index is 5.75. The van der Waals surface area contributed by atoms with Gasteiger partial charge in [0.1, 0.15) is 11.4 Å². The fourth-order valence-electron chi connectivity index (χ4n) is 2.37. The molecule has 0 atom stereocenters. The molecule has 0 bridgehead atoms. The van der Waals surface area contributed by atoms with Crippen LogP contribution in [0.15, 0.2) is 54.9 Å².